The van der Waals surface area contributed by atoms with Crippen molar-refractivity contribution in [2.75, 3.05) is 25.5 Å². The predicted molar refractivity (Wildman–Crippen MR) is 175 cm³/mol. The number of rotatable bonds is 12. The summed E-state index contributed by atoms with van der Waals surface area (Å²) in [6, 6.07) is 28.3. The van der Waals surface area contributed by atoms with Gasteiger partial charge in [0.1, 0.15) is 5.75 Å². The highest BCUT2D eigenvalue weighted by Crippen LogP contribution is 2.21. The maximum atomic E-state index is 13.0. The van der Waals surface area contributed by atoms with Crippen LogP contribution in [0.25, 0.3) is 10.8 Å². The van der Waals surface area contributed by atoms with Crippen LogP contribution in [0.2, 0.25) is 0 Å². The number of nitrogens with zero attached hydrogens (tertiary/aromatic N) is 4. The lowest BCUT2D eigenvalue weighted by Gasteiger charge is -2.27. The number of methoxy groups -OCH3 is 1. The molecule has 44 heavy (non-hydrogen) atoms. The Balaban J connectivity index is 1.23. The molecule has 224 valence electrons. The lowest BCUT2D eigenvalue weighted by atomic mass is 10.0. The second kappa shape index (κ2) is 14.3. The molecule has 0 atom stereocenters. The fourth-order valence-electron chi connectivity index (χ4n) is 4.88. The number of imidazole rings is 1. The van der Waals surface area contributed by atoms with Crippen molar-refractivity contribution in [3.05, 3.63) is 130 Å². The van der Waals surface area contributed by atoms with E-state index in [4.69, 9.17) is 17.0 Å². The summed E-state index contributed by atoms with van der Waals surface area (Å²) >= 11 is 5.84. The minimum Gasteiger partial charge on any atom is -0.497 e. The molecule has 0 aliphatic carbocycles. The van der Waals surface area contributed by atoms with Crippen LogP contribution in [-0.4, -0.2) is 50.6 Å². The SMILES string of the molecule is COc1ccc(NC(=S)N(CCNC(=O)Cc2cncn2Cc2ccc([N+](=O)[O-])cc2)Cc2cccc3ccccc23)cc1. The summed E-state index contributed by atoms with van der Waals surface area (Å²) in [5.74, 6) is 0.612. The van der Waals surface area contributed by atoms with Crippen molar-refractivity contribution < 1.29 is 14.5 Å². The molecule has 0 saturated carbocycles. The number of anilines is 1. The van der Waals surface area contributed by atoms with E-state index in [-0.39, 0.29) is 18.0 Å². The van der Waals surface area contributed by atoms with Gasteiger partial charge in [0.05, 0.1) is 24.8 Å². The van der Waals surface area contributed by atoms with E-state index < -0.39 is 4.92 Å². The molecule has 10 nitrogen and oxygen atoms in total. The van der Waals surface area contributed by atoms with Gasteiger partial charge in [-0.25, -0.2) is 4.98 Å². The number of ether oxygens (including phenoxy) is 1. The molecule has 5 rings (SSSR count). The molecule has 0 aliphatic heterocycles. The predicted octanol–water partition coefficient (Wildman–Crippen LogP) is 5.56. The van der Waals surface area contributed by atoms with Gasteiger partial charge in [-0.1, -0.05) is 54.6 Å². The first-order valence-electron chi connectivity index (χ1n) is 14.1. The number of non-ortho nitro benzene ring substituents is 1. The zero-order valence-corrected chi connectivity index (χ0v) is 25.0. The summed E-state index contributed by atoms with van der Waals surface area (Å²) < 4.78 is 7.13. The van der Waals surface area contributed by atoms with Gasteiger partial charge >= 0.3 is 0 Å². The molecule has 0 spiro atoms. The molecular weight excluding hydrogens is 576 g/mol. The van der Waals surface area contributed by atoms with Crippen molar-refractivity contribution in [3.8, 4) is 5.75 Å². The smallest absolute Gasteiger partial charge is 0.269 e. The van der Waals surface area contributed by atoms with Gasteiger partial charge in [0, 0.05) is 55.9 Å². The molecule has 1 amide bonds. The van der Waals surface area contributed by atoms with Crippen LogP contribution in [0.1, 0.15) is 16.8 Å². The molecule has 0 fully saturated rings. The Morgan fingerprint density at radius 2 is 1.77 bits per heavy atom. The quantitative estimate of drug-likeness (QED) is 0.108. The highest BCUT2D eigenvalue weighted by Gasteiger charge is 2.15. The zero-order valence-electron chi connectivity index (χ0n) is 24.2. The first-order valence-corrected chi connectivity index (χ1v) is 14.5. The summed E-state index contributed by atoms with van der Waals surface area (Å²) in [7, 11) is 1.63. The molecule has 2 N–H and O–H groups in total. The van der Waals surface area contributed by atoms with Crippen LogP contribution in [0.4, 0.5) is 11.4 Å². The van der Waals surface area contributed by atoms with Crippen molar-refractivity contribution in [2.45, 2.75) is 19.5 Å². The van der Waals surface area contributed by atoms with Crippen LogP contribution >= 0.6 is 12.2 Å². The lowest BCUT2D eigenvalue weighted by molar-refractivity contribution is -0.384. The van der Waals surface area contributed by atoms with Gasteiger partial charge < -0.3 is 24.8 Å². The van der Waals surface area contributed by atoms with Gasteiger partial charge in [-0.2, -0.15) is 0 Å². The third-order valence-electron chi connectivity index (χ3n) is 7.21. The monoisotopic (exact) mass is 608 g/mol. The van der Waals surface area contributed by atoms with Crippen molar-refractivity contribution in [2.24, 2.45) is 0 Å². The number of thiocarbonyl (C=S) groups is 1. The molecule has 0 aliphatic rings. The molecule has 0 bridgehead atoms. The van der Waals surface area contributed by atoms with Crippen LogP contribution in [0.5, 0.6) is 5.75 Å². The number of nitro benzene ring substituents is 1. The normalized spacial score (nSPS) is 10.8. The van der Waals surface area contributed by atoms with Crippen LogP contribution in [0.15, 0.2) is 104 Å². The highest BCUT2D eigenvalue weighted by atomic mass is 32.1. The number of carbonyl (C=O) groups is 1. The number of hydrogen-bond acceptors (Lipinski definition) is 6. The number of fused-ring (bicyclic) bond motifs is 1. The van der Waals surface area contributed by atoms with E-state index in [9.17, 15) is 14.9 Å². The molecule has 0 saturated heterocycles. The number of amides is 1. The summed E-state index contributed by atoms with van der Waals surface area (Å²) in [5, 5.41) is 20.1. The van der Waals surface area contributed by atoms with Gasteiger partial charge in [-0.05, 0) is 58.4 Å². The van der Waals surface area contributed by atoms with Gasteiger partial charge in [0.25, 0.3) is 5.69 Å². The van der Waals surface area contributed by atoms with Gasteiger partial charge in [0.15, 0.2) is 5.11 Å². The standard InChI is InChI=1S/C33H32N6O4S/c1-43-30-15-11-27(12-16-30)36-33(44)37(22-26-7-4-6-25-5-2-3-8-31(25)26)18-17-35-32(40)19-29-20-34-23-38(29)21-24-9-13-28(14-10-24)39(41)42/h2-16,20,23H,17-19,21-22H2,1H3,(H,35,40)(H,36,44). The topological polar surface area (TPSA) is 115 Å². The Hall–Kier alpha value is -5.29. The minimum atomic E-state index is -0.429. The maximum Gasteiger partial charge on any atom is 0.269 e. The Morgan fingerprint density at radius 3 is 2.52 bits per heavy atom. The molecule has 1 aromatic heterocycles. The Labute approximate surface area is 260 Å². The van der Waals surface area contributed by atoms with Gasteiger partial charge in [-0.15, -0.1) is 0 Å². The molecule has 0 radical (unpaired) electrons. The number of nitro groups is 1. The van der Waals surface area contributed by atoms with Crippen LogP contribution < -0.4 is 15.4 Å². The fourth-order valence-corrected chi connectivity index (χ4v) is 5.15. The largest absolute Gasteiger partial charge is 0.497 e. The Morgan fingerprint density at radius 1 is 1.02 bits per heavy atom. The molecule has 1 heterocycles. The van der Waals surface area contributed by atoms with Crippen molar-refractivity contribution in [1.29, 1.82) is 0 Å². The zero-order chi connectivity index (χ0) is 30.9. The highest BCUT2D eigenvalue weighted by molar-refractivity contribution is 7.80. The van der Waals surface area contributed by atoms with Crippen LogP contribution in [-0.2, 0) is 24.3 Å². The molecule has 5 aromatic rings. The summed E-state index contributed by atoms with van der Waals surface area (Å²) in [6.07, 6.45) is 3.45. The van der Waals surface area contributed by atoms with E-state index >= 15 is 0 Å². The van der Waals surface area contributed by atoms with Crippen LogP contribution in [0.3, 0.4) is 0 Å². The van der Waals surface area contributed by atoms with Crippen molar-refractivity contribution >= 4 is 45.4 Å². The Bertz CT molecular complexity index is 1750. The second-order valence-corrected chi connectivity index (χ2v) is 10.6. The molecule has 11 heteroatoms. The number of carbonyl (C=O) groups excluding carboxylic acids is 1. The van der Waals surface area contributed by atoms with E-state index in [2.05, 4.69) is 39.9 Å². The van der Waals surface area contributed by atoms with Crippen molar-refractivity contribution in [3.63, 3.8) is 0 Å². The van der Waals surface area contributed by atoms with E-state index in [1.54, 1.807) is 31.8 Å². The average molecular weight is 609 g/mol. The third kappa shape index (κ3) is 7.75. The molecule has 4 aromatic carbocycles. The van der Waals surface area contributed by atoms with E-state index in [1.807, 2.05) is 51.9 Å². The number of hydrogen-bond donors (Lipinski definition) is 2. The average Bonchev–Trinajstić information content (AvgIpc) is 3.47. The summed E-state index contributed by atoms with van der Waals surface area (Å²) in [6.45, 7) is 1.87. The Kier molecular flexibility index (Phi) is 9.78. The fraction of sp³-hybridized carbons (Fsp3) is 0.182. The van der Waals surface area contributed by atoms with E-state index in [0.29, 0.717) is 31.3 Å². The first-order chi connectivity index (χ1) is 21.4. The van der Waals surface area contributed by atoms with Gasteiger partial charge in [0.2, 0.25) is 5.91 Å². The van der Waals surface area contributed by atoms with E-state index in [1.165, 1.54) is 12.1 Å². The lowest BCUT2D eigenvalue weighted by Crippen LogP contribution is -2.40. The van der Waals surface area contributed by atoms with Crippen LogP contribution in [0, 0.1) is 10.1 Å². The number of aromatic nitrogens is 2. The summed E-state index contributed by atoms with van der Waals surface area (Å²) in [4.78, 5) is 29.7. The second-order valence-electron chi connectivity index (χ2n) is 10.2. The maximum absolute atomic E-state index is 13.0. The molecular formula is C33H32N6O4S. The van der Waals surface area contributed by atoms with E-state index in [0.717, 1.165) is 39.0 Å². The minimum absolute atomic E-state index is 0.0344. The molecule has 0 unspecified atom stereocenters. The number of nitrogens with one attached hydrogen (secondary N) is 2. The number of benzene rings is 4. The summed E-state index contributed by atoms with van der Waals surface area (Å²) in [5.41, 5.74) is 3.61. The van der Waals surface area contributed by atoms with Crippen molar-refractivity contribution in [1.82, 2.24) is 19.8 Å². The van der Waals surface area contributed by atoms with Gasteiger partial charge in [-0.3, -0.25) is 14.9 Å². The third-order valence-corrected chi connectivity index (χ3v) is 7.57. The first kappa shape index (κ1) is 30.2.